The first-order valence-corrected chi connectivity index (χ1v) is 16.1. The van der Waals surface area contributed by atoms with Crippen LogP contribution in [0.15, 0.2) is 23.8 Å². The second kappa shape index (κ2) is 11.0. The monoisotopic (exact) mass is 614 g/mol. The fraction of sp³-hybridized carbons (Fsp3) is 0.767. The zero-order valence-electron chi connectivity index (χ0n) is 25.2. The predicted octanol–water partition coefficient (Wildman–Crippen LogP) is 4.16. The maximum Gasteiger partial charge on any atom is 0.472 e. The molecule has 12 heteroatoms. The highest BCUT2D eigenvalue weighted by molar-refractivity contribution is 7.47. The van der Waals surface area contributed by atoms with Crippen molar-refractivity contribution in [3.05, 3.63) is 23.8 Å². The average Bonchev–Trinajstić information content (AvgIpc) is 3.07. The zero-order valence-corrected chi connectivity index (χ0v) is 26.1. The average molecular weight is 615 g/mol. The Hall–Kier alpha value is -1.75. The number of carbonyl (C=O) groups is 3. The van der Waals surface area contributed by atoms with E-state index in [2.05, 4.69) is 0 Å². The standard InChI is InChI=1S/C30H44FO10P/c1-18-14-22-21-10-9-19-15-20(32)11-12-27(19,5)29(21,31)23(33)16-28(22,6)30(18,36)24(34)17-40-42(37,38)39-13-7-8-25(35)41-26(2,3)4/h11-12,15,18,21-23,33,36H,7-10,13-14,16-17H2,1-6H3,(H,37,38)/t18-,21+,22+,23+,27+,28+,29+,30+/m1/s1. The first-order valence-electron chi connectivity index (χ1n) is 14.6. The van der Waals surface area contributed by atoms with Crippen molar-refractivity contribution in [1.82, 2.24) is 0 Å². The molecule has 0 heterocycles. The molecule has 0 spiro atoms. The number of carbonyl (C=O) groups excluding carboxylic acids is 3. The summed E-state index contributed by atoms with van der Waals surface area (Å²) in [6, 6.07) is 0. The Morgan fingerprint density at radius 3 is 2.50 bits per heavy atom. The Bertz CT molecular complexity index is 1240. The molecule has 236 valence electrons. The number of phosphoric acid groups is 1. The summed E-state index contributed by atoms with van der Waals surface area (Å²) >= 11 is 0. The van der Waals surface area contributed by atoms with Crippen LogP contribution in [0.5, 0.6) is 0 Å². The molecule has 42 heavy (non-hydrogen) atoms. The van der Waals surface area contributed by atoms with E-state index in [4.69, 9.17) is 13.8 Å². The van der Waals surface area contributed by atoms with Crippen molar-refractivity contribution in [2.75, 3.05) is 13.2 Å². The zero-order chi connectivity index (χ0) is 31.5. The number of hydrogen-bond donors (Lipinski definition) is 3. The van der Waals surface area contributed by atoms with E-state index in [1.165, 1.54) is 12.2 Å². The molecule has 9 atom stereocenters. The number of esters is 1. The van der Waals surface area contributed by atoms with E-state index in [0.29, 0.717) is 24.8 Å². The van der Waals surface area contributed by atoms with Gasteiger partial charge in [-0.1, -0.05) is 25.5 Å². The second-order valence-electron chi connectivity index (χ2n) is 13.9. The van der Waals surface area contributed by atoms with Crippen LogP contribution >= 0.6 is 7.82 Å². The summed E-state index contributed by atoms with van der Waals surface area (Å²) in [4.78, 5) is 47.5. The Labute approximate surface area is 246 Å². The number of aliphatic hydroxyl groups is 2. The molecule has 0 aromatic rings. The number of halogens is 1. The molecule has 3 saturated carbocycles. The van der Waals surface area contributed by atoms with Gasteiger partial charge in [-0.2, -0.15) is 0 Å². The van der Waals surface area contributed by atoms with E-state index < -0.39 is 77.7 Å². The van der Waals surface area contributed by atoms with Crippen LogP contribution in [0.3, 0.4) is 0 Å². The molecule has 4 rings (SSSR count). The number of hydrogen-bond acceptors (Lipinski definition) is 9. The highest BCUT2D eigenvalue weighted by Crippen LogP contribution is 2.70. The largest absolute Gasteiger partial charge is 0.472 e. The summed E-state index contributed by atoms with van der Waals surface area (Å²) < 4.78 is 44.8. The van der Waals surface area contributed by atoms with Gasteiger partial charge in [0, 0.05) is 23.2 Å². The molecule has 3 N–H and O–H groups in total. The smallest absolute Gasteiger partial charge is 0.460 e. The van der Waals surface area contributed by atoms with E-state index in [-0.39, 0.29) is 31.7 Å². The molecule has 0 radical (unpaired) electrons. The van der Waals surface area contributed by atoms with E-state index in [0.717, 1.165) is 0 Å². The number of Topliss-reactive ketones (excluding diaryl/α,β-unsaturated/α-hetero) is 1. The van der Waals surface area contributed by atoms with Gasteiger partial charge >= 0.3 is 13.8 Å². The van der Waals surface area contributed by atoms with Crippen molar-refractivity contribution in [2.45, 2.75) is 103 Å². The minimum Gasteiger partial charge on any atom is -0.460 e. The second-order valence-corrected chi connectivity index (χ2v) is 15.3. The van der Waals surface area contributed by atoms with Crippen molar-refractivity contribution in [3.63, 3.8) is 0 Å². The van der Waals surface area contributed by atoms with Crippen molar-refractivity contribution >= 4 is 25.4 Å². The normalized spacial score (nSPS) is 40.8. The Kier molecular flexibility index (Phi) is 8.68. The van der Waals surface area contributed by atoms with Gasteiger partial charge in [0.2, 0.25) is 0 Å². The highest BCUT2D eigenvalue weighted by Gasteiger charge is 2.75. The summed E-state index contributed by atoms with van der Waals surface area (Å²) in [7, 11) is -4.71. The van der Waals surface area contributed by atoms with Crippen LogP contribution in [0.4, 0.5) is 4.39 Å². The number of rotatable bonds is 9. The van der Waals surface area contributed by atoms with Gasteiger partial charge in [0.05, 0.1) is 12.7 Å². The maximum absolute atomic E-state index is 17.3. The lowest BCUT2D eigenvalue weighted by Crippen LogP contribution is -2.69. The molecule has 4 aliphatic carbocycles. The first kappa shape index (κ1) is 33.1. The number of phosphoric ester groups is 1. The summed E-state index contributed by atoms with van der Waals surface area (Å²) in [5.74, 6) is -3.40. The molecule has 1 unspecified atom stereocenters. The third-order valence-electron chi connectivity index (χ3n) is 10.2. The fourth-order valence-corrected chi connectivity index (χ4v) is 8.93. The lowest BCUT2D eigenvalue weighted by atomic mass is 9.44. The van der Waals surface area contributed by atoms with E-state index in [9.17, 15) is 34.1 Å². The van der Waals surface area contributed by atoms with Crippen molar-refractivity contribution < 1.29 is 52.2 Å². The van der Waals surface area contributed by atoms with Gasteiger partial charge < -0.3 is 19.8 Å². The van der Waals surface area contributed by atoms with Gasteiger partial charge in [0.15, 0.2) is 17.2 Å². The molecule has 0 aromatic heterocycles. The van der Waals surface area contributed by atoms with Gasteiger partial charge in [0.1, 0.15) is 17.8 Å². The summed E-state index contributed by atoms with van der Waals surface area (Å²) in [6.45, 7) is 8.96. The third kappa shape index (κ3) is 5.39. The van der Waals surface area contributed by atoms with Crippen molar-refractivity contribution in [2.24, 2.45) is 28.6 Å². The Balaban J connectivity index is 1.45. The lowest BCUT2D eigenvalue weighted by molar-refractivity contribution is -0.219. The molecule has 0 aliphatic heterocycles. The minimum absolute atomic E-state index is 0.0464. The van der Waals surface area contributed by atoms with E-state index >= 15 is 4.39 Å². The quantitative estimate of drug-likeness (QED) is 0.196. The number of aliphatic hydroxyl groups excluding tert-OH is 1. The molecule has 0 saturated heterocycles. The number of ketones is 2. The van der Waals surface area contributed by atoms with Gasteiger partial charge in [-0.25, -0.2) is 8.96 Å². The van der Waals surface area contributed by atoms with Crippen LogP contribution in [-0.4, -0.2) is 68.8 Å². The Morgan fingerprint density at radius 2 is 1.86 bits per heavy atom. The molecular formula is C30H44FO10P. The number of ether oxygens (including phenoxy) is 1. The third-order valence-corrected chi connectivity index (χ3v) is 11.2. The maximum atomic E-state index is 17.3. The number of allylic oxidation sites excluding steroid dienone is 4. The lowest BCUT2D eigenvalue weighted by Gasteiger charge is -2.62. The fourth-order valence-electron chi connectivity index (χ4n) is 8.22. The number of alkyl halides is 1. The van der Waals surface area contributed by atoms with Gasteiger partial charge in [-0.15, -0.1) is 0 Å². The molecule has 0 aromatic carbocycles. The van der Waals surface area contributed by atoms with Crippen molar-refractivity contribution in [3.8, 4) is 0 Å². The molecule has 0 amide bonds. The Morgan fingerprint density at radius 1 is 1.19 bits per heavy atom. The van der Waals surface area contributed by atoms with Crippen LogP contribution in [0.1, 0.15) is 80.1 Å². The van der Waals surface area contributed by atoms with Crippen LogP contribution < -0.4 is 0 Å². The van der Waals surface area contributed by atoms with Gasteiger partial charge in [-0.3, -0.25) is 23.4 Å². The van der Waals surface area contributed by atoms with Crippen LogP contribution in [-0.2, 0) is 32.7 Å². The summed E-state index contributed by atoms with van der Waals surface area (Å²) in [5, 5.41) is 23.4. The van der Waals surface area contributed by atoms with E-state index in [1.54, 1.807) is 47.6 Å². The summed E-state index contributed by atoms with van der Waals surface area (Å²) in [6.07, 6.45) is 3.68. The van der Waals surface area contributed by atoms with Gasteiger partial charge in [-0.05, 0) is 83.8 Å². The SMILES string of the molecule is C[C@@H]1C[C@H]2[C@@H]3CCC4=CC(=O)C=C[C@]4(C)[C@@]3(F)[C@@H](O)C[C@]2(C)[C@@]1(O)C(=O)COP(=O)(O)OCCCC(=O)OC(C)(C)C. The minimum atomic E-state index is -4.71. The van der Waals surface area contributed by atoms with Crippen molar-refractivity contribution in [1.29, 1.82) is 0 Å². The van der Waals surface area contributed by atoms with Crippen LogP contribution in [0, 0.1) is 28.6 Å². The molecule has 4 aliphatic rings. The molecule has 10 nitrogen and oxygen atoms in total. The summed E-state index contributed by atoms with van der Waals surface area (Å²) in [5.41, 5.74) is -6.66. The highest BCUT2D eigenvalue weighted by atomic mass is 31.2. The number of fused-ring (bicyclic) bond motifs is 5. The first-order chi connectivity index (χ1) is 19.2. The molecule has 0 bridgehead atoms. The topological polar surface area (TPSA) is 157 Å². The molecular weight excluding hydrogens is 570 g/mol. The predicted molar refractivity (Wildman–Crippen MR) is 150 cm³/mol. The van der Waals surface area contributed by atoms with Gasteiger partial charge in [0.25, 0.3) is 0 Å². The van der Waals surface area contributed by atoms with Crippen LogP contribution in [0.2, 0.25) is 0 Å². The van der Waals surface area contributed by atoms with Crippen LogP contribution in [0.25, 0.3) is 0 Å². The van der Waals surface area contributed by atoms with E-state index in [1.807, 2.05) is 0 Å². The molecule has 3 fully saturated rings.